The Hall–Kier alpha value is -2.54. The van der Waals surface area contributed by atoms with Crippen molar-refractivity contribution >= 4 is 34.9 Å². The van der Waals surface area contributed by atoms with Crippen molar-refractivity contribution in [1.82, 2.24) is 19.6 Å². The minimum Gasteiger partial charge on any atom is -0.354 e. The Kier molecular flexibility index (Phi) is 8.05. The van der Waals surface area contributed by atoms with Gasteiger partial charge in [0.1, 0.15) is 5.82 Å². The maximum atomic E-state index is 13.6. The predicted octanol–water partition coefficient (Wildman–Crippen LogP) is 5.54. The number of aromatic nitrogens is 2. The monoisotopic (exact) mass is 513 g/mol. The minimum absolute atomic E-state index is 0.0616. The normalized spacial score (nSPS) is 14.5. The maximum Gasteiger partial charge on any atom is 0.254 e. The average molecular weight is 515 g/mol. The minimum atomic E-state index is -0.0616. The van der Waals surface area contributed by atoms with Gasteiger partial charge in [0.15, 0.2) is 0 Å². The van der Waals surface area contributed by atoms with Crippen molar-refractivity contribution in [2.75, 3.05) is 44.7 Å². The third-order valence-electron chi connectivity index (χ3n) is 6.35. The van der Waals surface area contributed by atoms with E-state index < -0.39 is 0 Å². The fourth-order valence-corrected chi connectivity index (χ4v) is 4.79. The van der Waals surface area contributed by atoms with Gasteiger partial charge in [0.2, 0.25) is 0 Å². The number of carbonyl (C=O) groups is 1. The fraction of sp³-hybridized carbons (Fsp3) is 0.407. The van der Waals surface area contributed by atoms with E-state index in [2.05, 4.69) is 42.8 Å². The SMILES string of the molecule is Cc1nn(-c2ccccc2)c(N2CCN(C)CC2)c1CN(CC(C)C)C(=O)c1ccc(Cl)c(Cl)c1. The summed E-state index contributed by atoms with van der Waals surface area (Å²) in [6.07, 6.45) is 0. The van der Waals surface area contributed by atoms with E-state index in [9.17, 15) is 4.79 Å². The summed E-state index contributed by atoms with van der Waals surface area (Å²) in [6, 6.07) is 15.3. The standard InChI is InChI=1S/C27H33Cl2N5O/c1-19(2)17-33(27(35)21-10-11-24(28)25(29)16-21)18-23-20(3)30-34(22-8-6-5-7-9-22)26(23)32-14-12-31(4)13-15-32/h5-11,16,19H,12-15,17-18H2,1-4H3. The van der Waals surface area contributed by atoms with Crippen molar-refractivity contribution in [1.29, 1.82) is 0 Å². The molecular formula is C27H33Cl2N5O. The zero-order chi connectivity index (χ0) is 25.1. The molecule has 0 atom stereocenters. The number of amides is 1. The van der Waals surface area contributed by atoms with Crippen molar-refractivity contribution < 1.29 is 4.79 Å². The van der Waals surface area contributed by atoms with Gasteiger partial charge >= 0.3 is 0 Å². The van der Waals surface area contributed by atoms with E-state index >= 15 is 0 Å². The van der Waals surface area contributed by atoms with Crippen LogP contribution in [0, 0.1) is 12.8 Å². The third-order valence-corrected chi connectivity index (χ3v) is 7.09. The van der Waals surface area contributed by atoms with Crippen LogP contribution in [0.3, 0.4) is 0 Å². The largest absolute Gasteiger partial charge is 0.354 e. The molecule has 1 amide bonds. The summed E-state index contributed by atoms with van der Waals surface area (Å²) in [6.45, 7) is 11.2. The molecule has 0 unspecified atom stereocenters. The van der Waals surface area contributed by atoms with Crippen LogP contribution in [0.1, 0.15) is 35.5 Å². The highest BCUT2D eigenvalue weighted by atomic mass is 35.5. The number of nitrogens with zero attached hydrogens (tertiary/aromatic N) is 5. The van der Waals surface area contributed by atoms with Gasteiger partial charge in [0.05, 0.1) is 28.0 Å². The van der Waals surface area contributed by atoms with Gasteiger partial charge in [-0.3, -0.25) is 4.79 Å². The molecule has 1 aromatic heterocycles. The Balaban J connectivity index is 1.75. The highest BCUT2D eigenvalue weighted by molar-refractivity contribution is 6.42. The van der Waals surface area contributed by atoms with Crippen molar-refractivity contribution in [2.45, 2.75) is 27.3 Å². The first-order valence-corrected chi connectivity index (χ1v) is 12.8. The lowest BCUT2D eigenvalue weighted by Crippen LogP contribution is -2.45. The molecule has 2 aromatic carbocycles. The second-order valence-electron chi connectivity index (χ2n) is 9.63. The molecule has 0 spiro atoms. The molecule has 35 heavy (non-hydrogen) atoms. The van der Waals surface area contributed by atoms with E-state index in [1.807, 2.05) is 34.7 Å². The first-order chi connectivity index (χ1) is 16.7. The summed E-state index contributed by atoms with van der Waals surface area (Å²) in [5.41, 5.74) is 3.56. The van der Waals surface area contributed by atoms with Crippen molar-refractivity contribution in [3.63, 3.8) is 0 Å². The summed E-state index contributed by atoms with van der Waals surface area (Å²) in [5, 5.41) is 5.77. The highest BCUT2D eigenvalue weighted by Crippen LogP contribution is 2.31. The van der Waals surface area contributed by atoms with E-state index in [0.29, 0.717) is 34.6 Å². The molecule has 1 fully saturated rings. The van der Waals surface area contributed by atoms with Crippen molar-refractivity contribution in [2.24, 2.45) is 5.92 Å². The van der Waals surface area contributed by atoms with Gasteiger partial charge < -0.3 is 14.7 Å². The molecule has 6 nitrogen and oxygen atoms in total. The van der Waals surface area contributed by atoms with Crippen LogP contribution >= 0.6 is 23.2 Å². The lowest BCUT2D eigenvalue weighted by atomic mass is 10.1. The maximum absolute atomic E-state index is 13.6. The van der Waals surface area contributed by atoms with Crippen LogP contribution in [-0.4, -0.2) is 65.3 Å². The molecule has 0 saturated carbocycles. The van der Waals surface area contributed by atoms with Gasteiger partial charge in [-0.2, -0.15) is 5.10 Å². The van der Waals surface area contributed by atoms with Crippen molar-refractivity contribution in [3.8, 4) is 5.69 Å². The Labute approximate surface area is 218 Å². The molecule has 0 bridgehead atoms. The van der Waals surface area contributed by atoms with E-state index in [4.69, 9.17) is 28.3 Å². The number of benzene rings is 2. The summed E-state index contributed by atoms with van der Waals surface area (Å²) in [7, 11) is 2.15. The number of piperazine rings is 1. The average Bonchev–Trinajstić information content (AvgIpc) is 3.16. The molecule has 3 aromatic rings. The summed E-state index contributed by atoms with van der Waals surface area (Å²) < 4.78 is 2.03. The summed E-state index contributed by atoms with van der Waals surface area (Å²) in [4.78, 5) is 20.3. The Morgan fingerprint density at radius 1 is 1.03 bits per heavy atom. The number of hydrogen-bond donors (Lipinski definition) is 0. The van der Waals surface area contributed by atoms with Gasteiger partial charge in [-0.25, -0.2) is 4.68 Å². The molecule has 0 N–H and O–H groups in total. The zero-order valence-corrected chi connectivity index (χ0v) is 22.4. The van der Waals surface area contributed by atoms with Crippen LogP contribution in [0.25, 0.3) is 5.69 Å². The highest BCUT2D eigenvalue weighted by Gasteiger charge is 2.28. The van der Waals surface area contributed by atoms with E-state index in [1.165, 1.54) is 0 Å². The Bertz CT molecular complexity index is 1170. The van der Waals surface area contributed by atoms with Crippen LogP contribution in [0.2, 0.25) is 10.0 Å². The molecule has 1 aliphatic rings. The van der Waals surface area contributed by atoms with E-state index in [1.54, 1.807) is 18.2 Å². The summed E-state index contributed by atoms with van der Waals surface area (Å²) in [5.74, 6) is 1.31. The second-order valence-corrected chi connectivity index (χ2v) is 10.4. The van der Waals surface area contributed by atoms with Crippen LogP contribution in [0.15, 0.2) is 48.5 Å². The fourth-order valence-electron chi connectivity index (χ4n) is 4.49. The molecule has 1 saturated heterocycles. The smallest absolute Gasteiger partial charge is 0.254 e. The van der Waals surface area contributed by atoms with Crippen LogP contribution < -0.4 is 4.90 Å². The lowest BCUT2D eigenvalue weighted by Gasteiger charge is -2.35. The number of halogens is 2. The van der Waals surface area contributed by atoms with Gasteiger partial charge in [-0.1, -0.05) is 55.2 Å². The topological polar surface area (TPSA) is 44.6 Å². The number of hydrogen-bond acceptors (Lipinski definition) is 4. The zero-order valence-electron chi connectivity index (χ0n) is 20.8. The van der Waals surface area contributed by atoms with Crippen molar-refractivity contribution in [3.05, 3.63) is 75.4 Å². The number of anilines is 1. The molecule has 186 valence electrons. The van der Waals surface area contributed by atoms with Crippen LogP contribution in [0.4, 0.5) is 5.82 Å². The first-order valence-electron chi connectivity index (χ1n) is 12.1. The molecule has 2 heterocycles. The third kappa shape index (κ3) is 5.83. The Morgan fingerprint density at radius 3 is 2.34 bits per heavy atom. The van der Waals surface area contributed by atoms with Gasteiger partial charge in [0, 0.05) is 43.9 Å². The number of para-hydroxylation sites is 1. The van der Waals surface area contributed by atoms with Gasteiger partial charge in [-0.15, -0.1) is 0 Å². The number of rotatable bonds is 7. The first kappa shape index (κ1) is 25.5. The molecule has 8 heteroatoms. The van der Waals surface area contributed by atoms with Crippen LogP contribution in [-0.2, 0) is 6.54 Å². The molecular weight excluding hydrogens is 481 g/mol. The number of aryl methyl sites for hydroxylation is 1. The molecule has 1 aliphatic heterocycles. The lowest BCUT2D eigenvalue weighted by molar-refractivity contribution is 0.0722. The molecule has 0 radical (unpaired) electrons. The summed E-state index contributed by atoms with van der Waals surface area (Å²) >= 11 is 12.3. The molecule has 4 rings (SSSR count). The second kappa shape index (κ2) is 11.0. The Morgan fingerprint density at radius 2 is 1.71 bits per heavy atom. The predicted molar refractivity (Wildman–Crippen MR) is 144 cm³/mol. The van der Waals surface area contributed by atoms with Gasteiger partial charge in [0.25, 0.3) is 5.91 Å². The van der Waals surface area contributed by atoms with Gasteiger partial charge in [-0.05, 0) is 50.2 Å². The van der Waals surface area contributed by atoms with Crippen LogP contribution in [0.5, 0.6) is 0 Å². The number of carbonyl (C=O) groups excluding carboxylic acids is 1. The quantitative estimate of drug-likeness (QED) is 0.416. The van der Waals surface area contributed by atoms with E-state index in [0.717, 1.165) is 48.9 Å². The number of likely N-dealkylation sites (N-methyl/N-ethyl adjacent to an activating group) is 1. The van der Waals surface area contributed by atoms with E-state index in [-0.39, 0.29) is 5.91 Å². The molecule has 0 aliphatic carbocycles.